The monoisotopic (exact) mass is 306 g/mol. The second-order valence-electron chi connectivity index (χ2n) is 6.36. The lowest BCUT2D eigenvalue weighted by Crippen LogP contribution is -2.34. The van der Waals surface area contributed by atoms with E-state index in [9.17, 15) is 9.90 Å². The van der Waals surface area contributed by atoms with Crippen LogP contribution in [0, 0.1) is 17.8 Å². The number of ether oxygens (including phenoxy) is 3. The van der Waals surface area contributed by atoms with Gasteiger partial charge in [0.1, 0.15) is 12.9 Å². The highest BCUT2D eigenvalue weighted by Gasteiger charge is 2.55. The molecule has 3 fully saturated rings. The van der Waals surface area contributed by atoms with E-state index in [1.165, 1.54) is 0 Å². The molecule has 5 nitrogen and oxygen atoms in total. The van der Waals surface area contributed by atoms with Crippen molar-refractivity contribution in [3.05, 3.63) is 36.5 Å². The van der Waals surface area contributed by atoms with Crippen molar-refractivity contribution in [2.24, 2.45) is 17.8 Å². The van der Waals surface area contributed by atoms with Gasteiger partial charge in [-0.3, -0.25) is 0 Å². The summed E-state index contributed by atoms with van der Waals surface area (Å²) in [5.74, 6) is -0.802. The van der Waals surface area contributed by atoms with Crippen molar-refractivity contribution in [2.75, 3.05) is 13.9 Å². The molecule has 1 aliphatic heterocycles. The molecule has 1 heterocycles. The van der Waals surface area contributed by atoms with Gasteiger partial charge in [0.15, 0.2) is 0 Å². The van der Waals surface area contributed by atoms with Crippen molar-refractivity contribution < 1.29 is 24.1 Å². The van der Waals surface area contributed by atoms with Crippen LogP contribution in [-0.2, 0) is 19.0 Å². The molecule has 0 aromatic rings. The zero-order chi connectivity index (χ0) is 16.0. The number of aliphatic hydroxyl groups excluding tert-OH is 1. The Labute approximate surface area is 130 Å². The van der Waals surface area contributed by atoms with E-state index in [2.05, 4.69) is 19.7 Å². The minimum absolute atomic E-state index is 0.0836. The van der Waals surface area contributed by atoms with Crippen LogP contribution in [-0.4, -0.2) is 43.3 Å². The van der Waals surface area contributed by atoms with Gasteiger partial charge in [-0.15, -0.1) is 0 Å². The molecular weight excluding hydrogens is 284 g/mol. The van der Waals surface area contributed by atoms with Crippen molar-refractivity contribution in [3.63, 3.8) is 0 Å². The van der Waals surface area contributed by atoms with Crippen LogP contribution in [0.4, 0.5) is 0 Å². The molecule has 3 aliphatic rings. The van der Waals surface area contributed by atoms with Crippen molar-refractivity contribution in [1.29, 1.82) is 0 Å². The number of rotatable bonds is 3. The van der Waals surface area contributed by atoms with Gasteiger partial charge in [-0.1, -0.05) is 25.3 Å². The second-order valence-corrected chi connectivity index (χ2v) is 6.36. The largest absolute Gasteiger partial charge is 0.458 e. The van der Waals surface area contributed by atoms with Crippen LogP contribution in [0.2, 0.25) is 0 Å². The lowest BCUT2D eigenvalue weighted by atomic mass is 9.81. The van der Waals surface area contributed by atoms with Gasteiger partial charge in [-0.2, -0.15) is 0 Å². The summed E-state index contributed by atoms with van der Waals surface area (Å²) in [5.41, 5.74) is 2.19. The maximum absolute atomic E-state index is 11.9. The topological polar surface area (TPSA) is 65.0 Å². The van der Waals surface area contributed by atoms with Crippen molar-refractivity contribution in [1.82, 2.24) is 0 Å². The minimum Gasteiger partial charge on any atom is -0.458 e. The molecule has 0 amide bonds. The average Bonchev–Trinajstić information content (AvgIpc) is 2.91. The molecule has 0 aromatic carbocycles. The molecule has 3 rings (SSSR count). The molecule has 0 spiro atoms. The van der Waals surface area contributed by atoms with Gasteiger partial charge in [0.05, 0.1) is 18.1 Å². The predicted octanol–water partition coefficient (Wildman–Crippen LogP) is 1.59. The molecule has 1 N–H and O–H groups in total. The van der Waals surface area contributed by atoms with E-state index in [-0.39, 0.29) is 24.7 Å². The summed E-state index contributed by atoms with van der Waals surface area (Å²) in [4.78, 5) is 11.9. The molecule has 0 aromatic heterocycles. The molecular formula is C17H22O5. The zero-order valence-electron chi connectivity index (χ0n) is 12.8. The zero-order valence-corrected chi connectivity index (χ0v) is 12.8. The number of hydrogen-bond acceptors (Lipinski definition) is 5. The van der Waals surface area contributed by atoms with Gasteiger partial charge in [-0.05, 0) is 24.3 Å². The summed E-state index contributed by atoms with van der Waals surface area (Å²) in [6, 6.07) is 0. The maximum Gasteiger partial charge on any atom is 0.334 e. The Bertz CT molecular complexity index is 537. The number of carbonyl (C=O) groups excluding carboxylic acids is 1. The maximum atomic E-state index is 11.9. The molecule has 22 heavy (non-hydrogen) atoms. The predicted molar refractivity (Wildman–Crippen MR) is 79.8 cm³/mol. The van der Waals surface area contributed by atoms with E-state index in [0.717, 1.165) is 17.6 Å². The Morgan fingerprint density at radius 2 is 2.05 bits per heavy atom. The summed E-state index contributed by atoms with van der Waals surface area (Å²) in [5, 5.41) is 10.4. The molecule has 0 unspecified atom stereocenters. The number of esters is 1. The summed E-state index contributed by atoms with van der Waals surface area (Å²) in [6.07, 6.45) is -0.0836. The first kappa shape index (κ1) is 15.5. The summed E-state index contributed by atoms with van der Waals surface area (Å²) in [6.45, 7) is 12.3. The quantitative estimate of drug-likeness (QED) is 0.371. The third-order valence-corrected chi connectivity index (χ3v) is 5.16. The first-order valence-corrected chi connectivity index (χ1v) is 7.50. The highest BCUT2D eigenvalue weighted by atomic mass is 16.7. The van der Waals surface area contributed by atoms with Gasteiger partial charge in [0, 0.05) is 18.6 Å². The van der Waals surface area contributed by atoms with Crippen molar-refractivity contribution in [2.45, 2.75) is 31.2 Å². The molecule has 2 aliphatic carbocycles. The Hall–Kier alpha value is -1.43. The number of hydrogen-bond donors (Lipinski definition) is 1. The lowest BCUT2D eigenvalue weighted by molar-refractivity contribution is -0.141. The molecule has 1 saturated heterocycles. The molecule has 120 valence electrons. The van der Waals surface area contributed by atoms with E-state index < -0.39 is 24.1 Å². The number of methoxy groups -OCH3 is 1. The minimum atomic E-state index is -0.687. The number of carbonyl (C=O) groups is 1. The first-order chi connectivity index (χ1) is 10.5. The van der Waals surface area contributed by atoms with E-state index in [0.29, 0.717) is 12.0 Å². The molecule has 2 saturated carbocycles. The highest BCUT2D eigenvalue weighted by Crippen LogP contribution is 2.52. The number of fused-ring (bicyclic) bond motifs is 3. The second kappa shape index (κ2) is 5.65. The lowest BCUT2D eigenvalue weighted by Gasteiger charge is -2.27. The average molecular weight is 306 g/mol. The Morgan fingerprint density at radius 1 is 1.32 bits per heavy atom. The van der Waals surface area contributed by atoms with Crippen LogP contribution >= 0.6 is 0 Å². The van der Waals surface area contributed by atoms with Gasteiger partial charge in [0.25, 0.3) is 0 Å². The van der Waals surface area contributed by atoms with Gasteiger partial charge in [0.2, 0.25) is 0 Å². The normalized spacial score (nSPS) is 41.2. The van der Waals surface area contributed by atoms with Crippen molar-refractivity contribution in [3.8, 4) is 0 Å². The van der Waals surface area contributed by atoms with Crippen LogP contribution in [0.3, 0.4) is 0 Å². The molecule has 6 atom stereocenters. The van der Waals surface area contributed by atoms with E-state index in [1.54, 1.807) is 7.11 Å². The van der Waals surface area contributed by atoms with Crippen LogP contribution in [0.25, 0.3) is 0 Å². The van der Waals surface area contributed by atoms with E-state index in [4.69, 9.17) is 14.2 Å². The Balaban J connectivity index is 1.92. The smallest absolute Gasteiger partial charge is 0.334 e. The summed E-state index contributed by atoms with van der Waals surface area (Å²) >= 11 is 0. The van der Waals surface area contributed by atoms with Gasteiger partial charge >= 0.3 is 5.97 Å². The summed E-state index contributed by atoms with van der Waals surface area (Å²) in [7, 11) is 1.57. The fourth-order valence-electron chi connectivity index (χ4n) is 4.09. The Kier molecular flexibility index (Phi) is 3.97. The van der Waals surface area contributed by atoms with Gasteiger partial charge < -0.3 is 19.3 Å². The Morgan fingerprint density at radius 3 is 2.73 bits per heavy atom. The SMILES string of the molecule is C=C1C(=O)O[C@@H]2[C@H]3C(=C)[C@@H](OCOC)C[C@H]3C(=C)C[C@H](O)[C@@H]12. The standard InChI is InChI=1S/C17H22O5/c1-8-5-12(18)15-10(3)17(19)22-16(15)14-9(2)13(6-11(8)14)21-7-20-4/h11-16,18H,1-3,5-7H2,4H3/t11-,12-,13-,14-,15+,16+/m0/s1. The molecule has 5 heteroatoms. The van der Waals surface area contributed by atoms with Gasteiger partial charge in [-0.25, -0.2) is 4.79 Å². The first-order valence-electron chi connectivity index (χ1n) is 7.50. The van der Waals surface area contributed by atoms with Crippen molar-refractivity contribution >= 4 is 5.97 Å². The fraction of sp³-hybridized carbons (Fsp3) is 0.588. The van der Waals surface area contributed by atoms with E-state index in [1.807, 2.05) is 0 Å². The summed E-state index contributed by atoms with van der Waals surface area (Å²) < 4.78 is 16.2. The van der Waals surface area contributed by atoms with E-state index >= 15 is 0 Å². The fourth-order valence-corrected chi connectivity index (χ4v) is 4.09. The molecule has 0 bridgehead atoms. The van der Waals surface area contributed by atoms with Crippen LogP contribution in [0.1, 0.15) is 12.8 Å². The van der Waals surface area contributed by atoms with Crippen LogP contribution < -0.4 is 0 Å². The third kappa shape index (κ3) is 2.24. The third-order valence-electron chi connectivity index (χ3n) is 5.16. The molecule has 0 radical (unpaired) electrons. The number of aliphatic hydroxyl groups is 1. The highest BCUT2D eigenvalue weighted by molar-refractivity contribution is 5.91. The van der Waals surface area contributed by atoms with Crippen LogP contribution in [0.15, 0.2) is 36.5 Å². The van der Waals surface area contributed by atoms with Crippen LogP contribution in [0.5, 0.6) is 0 Å².